The molecule has 0 N–H and O–H groups in total. The van der Waals surface area contributed by atoms with Crippen LogP contribution in [0.3, 0.4) is 0 Å². The van der Waals surface area contributed by atoms with Crippen LogP contribution in [0.5, 0.6) is 0 Å². The normalized spacial score (nSPS) is 16.9. The Hall–Kier alpha value is -1.91. The van der Waals surface area contributed by atoms with E-state index < -0.39 is 0 Å². The molecule has 3 rings (SSSR count). The third-order valence-corrected chi connectivity index (χ3v) is 4.08. The van der Waals surface area contributed by atoms with Gasteiger partial charge in [0.15, 0.2) is 5.65 Å². The number of amides is 1. The maximum absolute atomic E-state index is 12.6. The van der Waals surface area contributed by atoms with E-state index in [1.807, 2.05) is 24.8 Å². The van der Waals surface area contributed by atoms with Crippen LogP contribution in [0.4, 0.5) is 0 Å². The predicted octanol–water partition coefficient (Wildman–Crippen LogP) is 2.22. The molecular weight excluding hydrogens is 252 g/mol. The van der Waals surface area contributed by atoms with Crippen molar-refractivity contribution < 1.29 is 4.79 Å². The summed E-state index contributed by atoms with van der Waals surface area (Å²) < 4.78 is 1.74. The van der Waals surface area contributed by atoms with Crippen molar-refractivity contribution in [3.05, 3.63) is 29.2 Å². The van der Waals surface area contributed by atoms with Gasteiger partial charge < -0.3 is 4.90 Å². The summed E-state index contributed by atoms with van der Waals surface area (Å²) in [6, 6.07) is 1.97. The largest absolute Gasteiger partial charge is 0.338 e. The van der Waals surface area contributed by atoms with Gasteiger partial charge in [0.2, 0.25) is 0 Å². The van der Waals surface area contributed by atoms with E-state index in [0.717, 1.165) is 37.3 Å². The average molecular weight is 272 g/mol. The molecule has 5 nitrogen and oxygen atoms in total. The highest BCUT2D eigenvalue weighted by molar-refractivity contribution is 5.99. The standard InChI is InChI=1S/C15H20N4O/c1-10-4-6-18(7-5-10)15(20)13-9-16-19-12(3)8-11(2)17-14(13)19/h8-10H,4-7H2,1-3H3. The van der Waals surface area contributed by atoms with Crippen molar-refractivity contribution in [2.75, 3.05) is 13.1 Å². The van der Waals surface area contributed by atoms with E-state index in [1.165, 1.54) is 0 Å². The first-order valence-corrected chi connectivity index (χ1v) is 7.17. The van der Waals surface area contributed by atoms with E-state index >= 15 is 0 Å². The maximum atomic E-state index is 12.6. The fourth-order valence-corrected chi connectivity index (χ4v) is 2.80. The van der Waals surface area contributed by atoms with Crippen LogP contribution < -0.4 is 0 Å². The summed E-state index contributed by atoms with van der Waals surface area (Å²) in [7, 11) is 0. The summed E-state index contributed by atoms with van der Waals surface area (Å²) in [4.78, 5) is 19.0. The van der Waals surface area contributed by atoms with E-state index in [-0.39, 0.29) is 5.91 Å². The molecule has 1 saturated heterocycles. The Labute approximate surface area is 118 Å². The number of rotatable bonds is 1. The SMILES string of the molecule is Cc1cc(C)n2ncc(C(=O)N3CCC(C)CC3)c2n1. The number of fused-ring (bicyclic) bond motifs is 1. The molecule has 0 aromatic carbocycles. The topological polar surface area (TPSA) is 50.5 Å². The first-order valence-electron chi connectivity index (χ1n) is 7.17. The lowest BCUT2D eigenvalue weighted by molar-refractivity contribution is 0.0699. The minimum absolute atomic E-state index is 0.0596. The van der Waals surface area contributed by atoms with E-state index in [1.54, 1.807) is 10.7 Å². The number of nitrogens with zero attached hydrogens (tertiary/aromatic N) is 4. The third-order valence-electron chi connectivity index (χ3n) is 4.08. The van der Waals surface area contributed by atoms with Crippen LogP contribution in [0.2, 0.25) is 0 Å². The van der Waals surface area contributed by atoms with Crippen LogP contribution in [0.25, 0.3) is 5.65 Å². The van der Waals surface area contributed by atoms with E-state index in [9.17, 15) is 4.79 Å². The molecule has 0 spiro atoms. The summed E-state index contributed by atoms with van der Waals surface area (Å²) in [5.41, 5.74) is 3.20. The zero-order valence-corrected chi connectivity index (χ0v) is 12.3. The van der Waals surface area contributed by atoms with Gasteiger partial charge >= 0.3 is 0 Å². The Morgan fingerprint density at radius 1 is 1.30 bits per heavy atom. The van der Waals surface area contributed by atoms with E-state index in [4.69, 9.17) is 0 Å². The summed E-state index contributed by atoms with van der Waals surface area (Å²) in [5, 5.41) is 4.30. The van der Waals surface area contributed by atoms with Crippen molar-refractivity contribution in [2.45, 2.75) is 33.6 Å². The second kappa shape index (κ2) is 4.89. The lowest BCUT2D eigenvalue weighted by atomic mass is 9.99. The quantitative estimate of drug-likeness (QED) is 0.800. The zero-order valence-electron chi connectivity index (χ0n) is 12.3. The van der Waals surface area contributed by atoms with Gasteiger partial charge in [-0.3, -0.25) is 4.79 Å². The molecule has 1 amide bonds. The van der Waals surface area contributed by atoms with E-state index in [2.05, 4.69) is 17.0 Å². The number of carbonyl (C=O) groups excluding carboxylic acids is 1. The molecule has 1 fully saturated rings. The number of hydrogen-bond acceptors (Lipinski definition) is 3. The molecule has 2 aromatic heterocycles. The van der Waals surface area contributed by atoms with Gasteiger partial charge in [-0.25, -0.2) is 9.50 Å². The summed E-state index contributed by atoms with van der Waals surface area (Å²) in [5.74, 6) is 0.773. The van der Waals surface area contributed by atoms with Crippen LogP contribution >= 0.6 is 0 Å². The van der Waals surface area contributed by atoms with Crippen molar-refractivity contribution in [2.24, 2.45) is 5.92 Å². The Kier molecular flexibility index (Phi) is 3.20. The van der Waals surface area contributed by atoms with Gasteiger partial charge in [-0.05, 0) is 38.7 Å². The second-order valence-corrected chi connectivity index (χ2v) is 5.81. The van der Waals surface area contributed by atoms with Gasteiger partial charge in [-0.15, -0.1) is 0 Å². The van der Waals surface area contributed by atoms with E-state index in [0.29, 0.717) is 17.1 Å². The molecular formula is C15H20N4O. The van der Waals surface area contributed by atoms with Crippen LogP contribution in [-0.4, -0.2) is 38.5 Å². The lowest BCUT2D eigenvalue weighted by Gasteiger charge is -2.29. The summed E-state index contributed by atoms with van der Waals surface area (Å²) in [6.45, 7) is 7.83. The van der Waals surface area contributed by atoms with Gasteiger partial charge in [-0.1, -0.05) is 6.92 Å². The van der Waals surface area contributed by atoms with Crippen molar-refractivity contribution in [3.8, 4) is 0 Å². The van der Waals surface area contributed by atoms with Gasteiger partial charge in [-0.2, -0.15) is 5.10 Å². The Morgan fingerprint density at radius 3 is 2.70 bits per heavy atom. The maximum Gasteiger partial charge on any atom is 0.259 e. The Morgan fingerprint density at radius 2 is 2.00 bits per heavy atom. The first-order chi connectivity index (χ1) is 9.56. The van der Waals surface area contributed by atoms with Crippen LogP contribution in [0.15, 0.2) is 12.3 Å². The molecule has 1 aliphatic heterocycles. The number of hydrogen-bond donors (Lipinski definition) is 0. The van der Waals surface area contributed by atoms with Gasteiger partial charge in [0.25, 0.3) is 5.91 Å². The first kappa shape index (κ1) is 13.1. The summed E-state index contributed by atoms with van der Waals surface area (Å²) >= 11 is 0. The number of carbonyl (C=O) groups is 1. The van der Waals surface area contributed by atoms with Crippen molar-refractivity contribution >= 4 is 11.6 Å². The molecule has 0 unspecified atom stereocenters. The third kappa shape index (κ3) is 2.17. The molecule has 20 heavy (non-hydrogen) atoms. The minimum Gasteiger partial charge on any atom is -0.338 e. The van der Waals surface area contributed by atoms with Crippen molar-refractivity contribution in [1.82, 2.24) is 19.5 Å². The fraction of sp³-hybridized carbons (Fsp3) is 0.533. The van der Waals surface area contributed by atoms with Gasteiger partial charge in [0, 0.05) is 24.5 Å². The second-order valence-electron chi connectivity index (χ2n) is 5.81. The van der Waals surface area contributed by atoms with Gasteiger partial charge in [0.1, 0.15) is 5.56 Å². The Bertz CT molecular complexity index is 653. The van der Waals surface area contributed by atoms with Crippen molar-refractivity contribution in [1.29, 1.82) is 0 Å². The number of likely N-dealkylation sites (tertiary alicyclic amines) is 1. The lowest BCUT2D eigenvalue weighted by Crippen LogP contribution is -2.37. The molecule has 0 radical (unpaired) electrons. The molecule has 106 valence electrons. The predicted molar refractivity (Wildman–Crippen MR) is 76.8 cm³/mol. The monoisotopic (exact) mass is 272 g/mol. The van der Waals surface area contributed by atoms with Crippen LogP contribution in [0.1, 0.15) is 41.5 Å². The zero-order chi connectivity index (χ0) is 14.3. The molecule has 3 heterocycles. The van der Waals surface area contributed by atoms with Gasteiger partial charge in [0.05, 0.1) is 6.20 Å². The fourth-order valence-electron chi connectivity index (χ4n) is 2.80. The molecule has 1 aliphatic rings. The average Bonchev–Trinajstić information content (AvgIpc) is 2.82. The molecule has 2 aromatic rings. The highest BCUT2D eigenvalue weighted by Crippen LogP contribution is 2.20. The highest BCUT2D eigenvalue weighted by atomic mass is 16.2. The molecule has 5 heteroatoms. The molecule has 0 atom stereocenters. The molecule has 0 aliphatic carbocycles. The highest BCUT2D eigenvalue weighted by Gasteiger charge is 2.24. The van der Waals surface area contributed by atoms with Crippen LogP contribution in [-0.2, 0) is 0 Å². The summed E-state index contributed by atoms with van der Waals surface area (Å²) in [6.07, 6.45) is 3.81. The number of aryl methyl sites for hydroxylation is 2. The number of piperidine rings is 1. The van der Waals surface area contributed by atoms with Crippen LogP contribution in [0, 0.1) is 19.8 Å². The number of aromatic nitrogens is 3. The molecule has 0 bridgehead atoms. The minimum atomic E-state index is 0.0596. The smallest absolute Gasteiger partial charge is 0.259 e. The molecule has 0 saturated carbocycles. The Balaban J connectivity index is 1.96. The van der Waals surface area contributed by atoms with Crippen molar-refractivity contribution in [3.63, 3.8) is 0 Å².